The van der Waals surface area contributed by atoms with E-state index in [1.165, 1.54) is 12.8 Å². The van der Waals surface area contributed by atoms with Gasteiger partial charge in [-0.1, -0.05) is 50.1 Å². The van der Waals surface area contributed by atoms with E-state index in [2.05, 4.69) is 12.2 Å². The van der Waals surface area contributed by atoms with E-state index in [9.17, 15) is 5.11 Å². The molecule has 0 aliphatic rings. The molecule has 1 unspecified atom stereocenters. The molecular formula is C15H25NO2. The number of hydrogen-bond donors (Lipinski definition) is 2. The van der Waals surface area contributed by atoms with Crippen LogP contribution in [0.2, 0.25) is 0 Å². The molecule has 1 aromatic carbocycles. The van der Waals surface area contributed by atoms with Crippen LogP contribution in [0.5, 0.6) is 0 Å². The molecule has 1 rings (SSSR count). The molecule has 1 atom stereocenters. The molecule has 3 heteroatoms. The van der Waals surface area contributed by atoms with Crippen molar-refractivity contribution in [3.63, 3.8) is 0 Å². The van der Waals surface area contributed by atoms with E-state index < -0.39 is 5.54 Å². The minimum atomic E-state index is -0.493. The number of rotatable bonds is 9. The second-order valence-corrected chi connectivity index (χ2v) is 4.62. The average Bonchev–Trinajstić information content (AvgIpc) is 2.44. The highest BCUT2D eigenvalue weighted by Gasteiger charge is 2.29. The highest BCUT2D eigenvalue weighted by Crippen LogP contribution is 2.20. The number of aliphatic hydroxyl groups is 1. The summed E-state index contributed by atoms with van der Waals surface area (Å²) in [5.74, 6) is 0. The SMILES string of the molecule is CCCCCOCC(CO)(NC)c1ccccc1. The molecule has 0 saturated carbocycles. The minimum Gasteiger partial charge on any atom is -0.394 e. The van der Waals surface area contributed by atoms with Gasteiger partial charge in [-0.05, 0) is 19.0 Å². The van der Waals surface area contributed by atoms with Crippen molar-refractivity contribution in [2.24, 2.45) is 0 Å². The Morgan fingerprint density at radius 2 is 1.94 bits per heavy atom. The van der Waals surface area contributed by atoms with Crippen molar-refractivity contribution in [1.82, 2.24) is 5.32 Å². The lowest BCUT2D eigenvalue weighted by molar-refractivity contribution is 0.0359. The molecule has 0 saturated heterocycles. The summed E-state index contributed by atoms with van der Waals surface area (Å²) < 4.78 is 5.71. The molecule has 0 heterocycles. The Bertz CT molecular complexity index is 310. The van der Waals surface area contributed by atoms with E-state index in [1.54, 1.807) is 0 Å². The van der Waals surface area contributed by atoms with Gasteiger partial charge in [-0.3, -0.25) is 0 Å². The van der Waals surface area contributed by atoms with Gasteiger partial charge in [-0.15, -0.1) is 0 Å². The molecule has 0 spiro atoms. The van der Waals surface area contributed by atoms with Gasteiger partial charge in [0.15, 0.2) is 0 Å². The molecule has 102 valence electrons. The van der Waals surface area contributed by atoms with Crippen LogP contribution in [0.15, 0.2) is 30.3 Å². The van der Waals surface area contributed by atoms with Crippen LogP contribution in [0.4, 0.5) is 0 Å². The normalized spacial score (nSPS) is 14.4. The number of nitrogens with one attached hydrogen (secondary N) is 1. The highest BCUT2D eigenvalue weighted by molar-refractivity contribution is 5.24. The van der Waals surface area contributed by atoms with Gasteiger partial charge in [0, 0.05) is 6.61 Å². The highest BCUT2D eigenvalue weighted by atomic mass is 16.5. The van der Waals surface area contributed by atoms with Crippen molar-refractivity contribution in [2.45, 2.75) is 31.7 Å². The molecule has 0 bridgehead atoms. The molecule has 18 heavy (non-hydrogen) atoms. The van der Waals surface area contributed by atoms with Crippen molar-refractivity contribution < 1.29 is 9.84 Å². The molecular weight excluding hydrogens is 226 g/mol. The molecule has 3 nitrogen and oxygen atoms in total. The Morgan fingerprint density at radius 3 is 2.50 bits per heavy atom. The van der Waals surface area contributed by atoms with E-state index in [-0.39, 0.29) is 6.61 Å². The number of hydrogen-bond acceptors (Lipinski definition) is 3. The zero-order valence-electron chi connectivity index (χ0n) is 11.5. The first-order valence-corrected chi connectivity index (χ1v) is 6.72. The standard InChI is InChI=1S/C15H25NO2/c1-3-4-8-11-18-13-15(12-17,16-2)14-9-6-5-7-10-14/h5-7,9-10,16-17H,3-4,8,11-13H2,1-2H3. The van der Waals surface area contributed by atoms with Gasteiger partial charge in [0.05, 0.1) is 18.8 Å². The average molecular weight is 251 g/mol. The zero-order chi connectivity index (χ0) is 13.3. The van der Waals surface area contributed by atoms with Gasteiger partial charge < -0.3 is 15.2 Å². The van der Waals surface area contributed by atoms with Gasteiger partial charge in [0.2, 0.25) is 0 Å². The number of ether oxygens (including phenoxy) is 1. The largest absolute Gasteiger partial charge is 0.394 e. The summed E-state index contributed by atoms with van der Waals surface area (Å²) in [6, 6.07) is 9.97. The fourth-order valence-corrected chi connectivity index (χ4v) is 1.97. The van der Waals surface area contributed by atoms with E-state index in [1.807, 2.05) is 37.4 Å². The maximum absolute atomic E-state index is 9.69. The summed E-state index contributed by atoms with van der Waals surface area (Å²) in [7, 11) is 1.86. The predicted octanol–water partition coefficient (Wildman–Crippen LogP) is 2.30. The number of unbranched alkanes of at least 4 members (excludes halogenated alkanes) is 2. The Balaban J connectivity index is 2.58. The summed E-state index contributed by atoms with van der Waals surface area (Å²) in [5, 5.41) is 12.9. The van der Waals surface area contributed by atoms with Gasteiger partial charge in [-0.2, -0.15) is 0 Å². The molecule has 0 radical (unpaired) electrons. The summed E-state index contributed by atoms with van der Waals surface area (Å²) in [5.41, 5.74) is 0.568. The van der Waals surface area contributed by atoms with Crippen LogP contribution in [0.3, 0.4) is 0 Å². The molecule has 0 aromatic heterocycles. The van der Waals surface area contributed by atoms with Crippen LogP contribution in [0.25, 0.3) is 0 Å². The number of likely N-dealkylation sites (N-methyl/N-ethyl adjacent to an activating group) is 1. The Hall–Kier alpha value is -0.900. The fourth-order valence-electron chi connectivity index (χ4n) is 1.97. The minimum absolute atomic E-state index is 0.0291. The molecule has 2 N–H and O–H groups in total. The number of aliphatic hydroxyl groups excluding tert-OH is 1. The first kappa shape index (κ1) is 15.2. The molecule has 0 amide bonds. The first-order valence-electron chi connectivity index (χ1n) is 6.72. The monoisotopic (exact) mass is 251 g/mol. The van der Waals surface area contributed by atoms with Crippen molar-refractivity contribution >= 4 is 0 Å². The maximum Gasteiger partial charge on any atom is 0.0903 e. The lowest BCUT2D eigenvalue weighted by Crippen LogP contribution is -2.47. The second-order valence-electron chi connectivity index (χ2n) is 4.62. The van der Waals surface area contributed by atoms with E-state index in [4.69, 9.17) is 4.74 Å². The van der Waals surface area contributed by atoms with Crippen LogP contribution in [-0.4, -0.2) is 32.0 Å². The van der Waals surface area contributed by atoms with Gasteiger partial charge >= 0.3 is 0 Å². The Labute approximate surface area is 110 Å². The summed E-state index contributed by atoms with van der Waals surface area (Å²) in [6.07, 6.45) is 3.47. The first-order chi connectivity index (χ1) is 8.79. The topological polar surface area (TPSA) is 41.5 Å². The lowest BCUT2D eigenvalue weighted by Gasteiger charge is -2.32. The van der Waals surface area contributed by atoms with Gasteiger partial charge in [0.1, 0.15) is 0 Å². The summed E-state index contributed by atoms with van der Waals surface area (Å²) >= 11 is 0. The van der Waals surface area contributed by atoms with E-state index >= 15 is 0 Å². The van der Waals surface area contributed by atoms with Crippen LogP contribution >= 0.6 is 0 Å². The Kier molecular flexibility index (Phi) is 6.94. The van der Waals surface area contributed by atoms with Crippen molar-refractivity contribution in [3.05, 3.63) is 35.9 Å². The van der Waals surface area contributed by atoms with E-state index in [0.717, 1.165) is 18.6 Å². The van der Waals surface area contributed by atoms with Crippen LogP contribution in [-0.2, 0) is 10.3 Å². The van der Waals surface area contributed by atoms with Crippen LogP contribution in [0.1, 0.15) is 31.7 Å². The Morgan fingerprint density at radius 1 is 1.22 bits per heavy atom. The molecule has 0 fully saturated rings. The lowest BCUT2D eigenvalue weighted by atomic mass is 9.92. The van der Waals surface area contributed by atoms with Crippen molar-refractivity contribution in [2.75, 3.05) is 26.9 Å². The van der Waals surface area contributed by atoms with E-state index in [0.29, 0.717) is 6.61 Å². The van der Waals surface area contributed by atoms with Crippen molar-refractivity contribution in [3.8, 4) is 0 Å². The summed E-state index contributed by atoms with van der Waals surface area (Å²) in [6.45, 7) is 3.45. The third-order valence-electron chi connectivity index (χ3n) is 3.32. The van der Waals surface area contributed by atoms with Crippen LogP contribution < -0.4 is 5.32 Å². The number of benzene rings is 1. The third-order valence-corrected chi connectivity index (χ3v) is 3.32. The second kappa shape index (κ2) is 8.25. The molecule has 1 aromatic rings. The zero-order valence-corrected chi connectivity index (χ0v) is 11.5. The quantitative estimate of drug-likeness (QED) is 0.662. The van der Waals surface area contributed by atoms with Crippen LogP contribution in [0, 0.1) is 0 Å². The maximum atomic E-state index is 9.69. The third kappa shape index (κ3) is 4.09. The fraction of sp³-hybridized carbons (Fsp3) is 0.600. The molecule has 0 aliphatic heterocycles. The summed E-state index contributed by atoms with van der Waals surface area (Å²) in [4.78, 5) is 0. The van der Waals surface area contributed by atoms with Gasteiger partial charge in [0.25, 0.3) is 0 Å². The van der Waals surface area contributed by atoms with Gasteiger partial charge in [-0.25, -0.2) is 0 Å². The molecule has 0 aliphatic carbocycles. The smallest absolute Gasteiger partial charge is 0.0903 e. The predicted molar refractivity (Wildman–Crippen MR) is 74.6 cm³/mol. The van der Waals surface area contributed by atoms with Crippen molar-refractivity contribution in [1.29, 1.82) is 0 Å².